The van der Waals surface area contributed by atoms with Gasteiger partial charge in [0, 0.05) is 48.6 Å². The molecule has 5 nitrogen and oxygen atoms in total. The highest BCUT2D eigenvalue weighted by molar-refractivity contribution is 6.30. The van der Waals surface area contributed by atoms with E-state index in [1.54, 1.807) is 18.1 Å². The first-order valence-corrected chi connectivity index (χ1v) is 8.50. The highest BCUT2D eigenvalue weighted by Gasteiger charge is 2.20. The number of hydrogen-bond acceptors (Lipinski definition) is 3. The maximum atomic E-state index is 12.8. The summed E-state index contributed by atoms with van der Waals surface area (Å²) in [5.41, 5.74) is 2.30. The van der Waals surface area contributed by atoms with Crippen LogP contribution in [0.2, 0.25) is 5.02 Å². The van der Waals surface area contributed by atoms with Gasteiger partial charge in [0.15, 0.2) is 0 Å². The van der Waals surface area contributed by atoms with Crippen molar-refractivity contribution in [2.45, 2.75) is 19.9 Å². The minimum atomic E-state index is -0.0383. The van der Waals surface area contributed by atoms with Crippen LogP contribution in [0.25, 0.3) is 10.9 Å². The number of carbonyl (C=O) groups is 1. The molecule has 0 spiro atoms. The Labute approximate surface area is 164 Å². The van der Waals surface area contributed by atoms with Gasteiger partial charge in [0.1, 0.15) is 5.82 Å². The van der Waals surface area contributed by atoms with Crippen LogP contribution in [-0.4, -0.2) is 33.4 Å². The van der Waals surface area contributed by atoms with Crippen LogP contribution in [0.5, 0.6) is 0 Å². The van der Waals surface area contributed by atoms with Gasteiger partial charge < -0.3 is 14.8 Å². The minimum absolute atomic E-state index is 0. The van der Waals surface area contributed by atoms with E-state index in [0.29, 0.717) is 16.4 Å². The molecule has 1 N–H and O–H groups in total. The molecular formula is C19H22Cl2N4O. The quantitative estimate of drug-likeness (QED) is 0.688. The SMILES string of the molecule is CC(C)N(C)C(=O)c1cnc(Nc2cccc(Cl)c2)c2ccn(C)c12.Cl. The molecule has 0 aliphatic carbocycles. The molecule has 0 fully saturated rings. The second kappa shape index (κ2) is 7.98. The summed E-state index contributed by atoms with van der Waals surface area (Å²) in [6.07, 6.45) is 3.57. The van der Waals surface area contributed by atoms with Crippen LogP contribution in [0.3, 0.4) is 0 Å². The Kier molecular flexibility index (Phi) is 6.16. The Bertz CT molecular complexity index is 936. The molecule has 2 aromatic heterocycles. The van der Waals surface area contributed by atoms with E-state index < -0.39 is 0 Å². The lowest BCUT2D eigenvalue weighted by Gasteiger charge is -2.22. The molecule has 0 saturated carbocycles. The number of pyridine rings is 1. The molecular weight excluding hydrogens is 371 g/mol. The number of benzene rings is 1. The monoisotopic (exact) mass is 392 g/mol. The smallest absolute Gasteiger partial charge is 0.257 e. The van der Waals surface area contributed by atoms with E-state index in [1.165, 1.54) is 0 Å². The van der Waals surface area contributed by atoms with Crippen LogP contribution in [0.1, 0.15) is 24.2 Å². The number of nitrogens with one attached hydrogen (secondary N) is 1. The van der Waals surface area contributed by atoms with E-state index in [4.69, 9.17) is 11.6 Å². The molecule has 1 amide bonds. The molecule has 0 radical (unpaired) electrons. The largest absolute Gasteiger partial charge is 0.350 e. The summed E-state index contributed by atoms with van der Waals surface area (Å²) in [6, 6.07) is 9.54. The predicted molar refractivity (Wildman–Crippen MR) is 110 cm³/mol. The number of fused-ring (bicyclic) bond motifs is 1. The zero-order valence-corrected chi connectivity index (χ0v) is 16.7. The number of aromatic nitrogens is 2. The van der Waals surface area contributed by atoms with Crippen molar-refractivity contribution in [1.82, 2.24) is 14.5 Å². The molecule has 3 rings (SSSR count). The van der Waals surface area contributed by atoms with Gasteiger partial charge in [0.25, 0.3) is 5.91 Å². The van der Waals surface area contributed by atoms with Crippen molar-refractivity contribution in [2.24, 2.45) is 7.05 Å². The zero-order chi connectivity index (χ0) is 18.1. The molecule has 3 aromatic rings. The molecule has 138 valence electrons. The van der Waals surface area contributed by atoms with Crippen molar-refractivity contribution >= 4 is 52.3 Å². The molecule has 2 heterocycles. The second-order valence-corrected chi connectivity index (χ2v) is 6.79. The molecule has 0 atom stereocenters. The standard InChI is InChI=1S/C19H21ClN4O.ClH/c1-12(2)24(4)19(25)16-11-21-18(15-8-9-23(3)17(15)16)22-14-7-5-6-13(20)10-14;/h5-12H,1-4H3,(H,21,22);1H. The lowest BCUT2D eigenvalue weighted by atomic mass is 10.1. The summed E-state index contributed by atoms with van der Waals surface area (Å²) < 4.78 is 1.95. The van der Waals surface area contributed by atoms with Gasteiger partial charge in [-0.3, -0.25) is 4.79 Å². The number of carbonyl (C=O) groups excluding carboxylic acids is 1. The summed E-state index contributed by atoms with van der Waals surface area (Å²) in [6.45, 7) is 3.98. The normalized spacial score (nSPS) is 10.7. The number of halogens is 2. The van der Waals surface area contributed by atoms with Gasteiger partial charge in [0.05, 0.1) is 11.1 Å². The average Bonchev–Trinajstić information content (AvgIpc) is 2.96. The number of hydrogen-bond donors (Lipinski definition) is 1. The highest BCUT2D eigenvalue weighted by Crippen LogP contribution is 2.29. The molecule has 7 heteroatoms. The second-order valence-electron chi connectivity index (χ2n) is 6.35. The summed E-state index contributed by atoms with van der Waals surface area (Å²) in [5.74, 6) is 0.658. The van der Waals surface area contributed by atoms with Gasteiger partial charge in [-0.1, -0.05) is 17.7 Å². The Morgan fingerprint density at radius 3 is 2.69 bits per heavy atom. The van der Waals surface area contributed by atoms with E-state index in [9.17, 15) is 4.79 Å². The van der Waals surface area contributed by atoms with Gasteiger partial charge in [0.2, 0.25) is 0 Å². The van der Waals surface area contributed by atoms with E-state index in [1.807, 2.05) is 62.0 Å². The van der Waals surface area contributed by atoms with Gasteiger partial charge >= 0.3 is 0 Å². The fraction of sp³-hybridized carbons (Fsp3) is 0.263. The van der Waals surface area contributed by atoms with Crippen molar-refractivity contribution < 1.29 is 4.79 Å². The first-order valence-electron chi connectivity index (χ1n) is 8.12. The van der Waals surface area contributed by atoms with Crippen molar-refractivity contribution in [1.29, 1.82) is 0 Å². The summed E-state index contributed by atoms with van der Waals surface area (Å²) in [4.78, 5) is 19.0. The van der Waals surface area contributed by atoms with Crippen LogP contribution >= 0.6 is 24.0 Å². The molecule has 1 aromatic carbocycles. The predicted octanol–water partition coefficient (Wildman–Crippen LogP) is 4.87. The Balaban J connectivity index is 0.00000243. The first-order chi connectivity index (χ1) is 11.9. The fourth-order valence-electron chi connectivity index (χ4n) is 2.70. The Hall–Kier alpha value is -2.24. The van der Waals surface area contributed by atoms with E-state index in [-0.39, 0.29) is 24.4 Å². The summed E-state index contributed by atoms with van der Waals surface area (Å²) >= 11 is 6.05. The van der Waals surface area contributed by atoms with Gasteiger partial charge in [-0.2, -0.15) is 0 Å². The lowest BCUT2D eigenvalue weighted by molar-refractivity contribution is 0.0756. The maximum Gasteiger partial charge on any atom is 0.257 e. The minimum Gasteiger partial charge on any atom is -0.350 e. The number of amides is 1. The fourth-order valence-corrected chi connectivity index (χ4v) is 2.89. The summed E-state index contributed by atoms with van der Waals surface area (Å²) in [5, 5.41) is 4.83. The van der Waals surface area contributed by atoms with Gasteiger partial charge in [-0.15, -0.1) is 12.4 Å². The number of nitrogens with zero attached hydrogens (tertiary/aromatic N) is 3. The first kappa shape index (κ1) is 20.1. The zero-order valence-electron chi connectivity index (χ0n) is 15.2. The highest BCUT2D eigenvalue weighted by atomic mass is 35.5. The Morgan fingerprint density at radius 2 is 2.04 bits per heavy atom. The Morgan fingerprint density at radius 1 is 1.31 bits per heavy atom. The maximum absolute atomic E-state index is 12.8. The number of aryl methyl sites for hydroxylation is 1. The van der Waals surface area contributed by atoms with Crippen molar-refractivity contribution in [3.8, 4) is 0 Å². The van der Waals surface area contributed by atoms with Gasteiger partial charge in [-0.25, -0.2) is 4.98 Å². The van der Waals surface area contributed by atoms with Crippen LogP contribution in [-0.2, 0) is 7.05 Å². The molecule has 0 unspecified atom stereocenters. The van der Waals surface area contributed by atoms with E-state index in [0.717, 1.165) is 16.6 Å². The van der Waals surface area contributed by atoms with Gasteiger partial charge in [-0.05, 0) is 38.1 Å². The molecule has 0 aliphatic heterocycles. The van der Waals surface area contributed by atoms with E-state index in [2.05, 4.69) is 10.3 Å². The molecule has 0 saturated heterocycles. The van der Waals surface area contributed by atoms with Crippen molar-refractivity contribution in [2.75, 3.05) is 12.4 Å². The topological polar surface area (TPSA) is 50.2 Å². The molecule has 26 heavy (non-hydrogen) atoms. The number of rotatable bonds is 4. The molecule has 0 bridgehead atoms. The van der Waals surface area contributed by atoms with Crippen LogP contribution in [0.15, 0.2) is 42.7 Å². The van der Waals surface area contributed by atoms with Crippen LogP contribution < -0.4 is 5.32 Å². The number of anilines is 2. The third-order valence-electron chi connectivity index (χ3n) is 4.32. The third-order valence-corrected chi connectivity index (χ3v) is 4.55. The average molecular weight is 393 g/mol. The summed E-state index contributed by atoms with van der Waals surface area (Å²) in [7, 11) is 3.73. The van der Waals surface area contributed by atoms with Crippen LogP contribution in [0.4, 0.5) is 11.5 Å². The van der Waals surface area contributed by atoms with E-state index >= 15 is 0 Å². The van der Waals surface area contributed by atoms with Crippen LogP contribution in [0, 0.1) is 0 Å². The third kappa shape index (κ3) is 3.79. The molecule has 0 aliphatic rings. The van der Waals surface area contributed by atoms with Crippen molar-refractivity contribution in [3.05, 3.63) is 53.3 Å². The lowest BCUT2D eigenvalue weighted by Crippen LogP contribution is -2.33. The van der Waals surface area contributed by atoms with Crippen molar-refractivity contribution in [3.63, 3.8) is 0 Å².